The molecule has 0 aliphatic heterocycles. The van der Waals surface area contributed by atoms with Crippen LogP contribution in [0.4, 0.5) is 16.0 Å². The Labute approximate surface area is 175 Å². The molecule has 3 heterocycles. The van der Waals surface area contributed by atoms with Gasteiger partial charge in [0.2, 0.25) is 5.89 Å². The van der Waals surface area contributed by atoms with E-state index >= 15 is 0 Å². The monoisotopic (exact) mass is 422 g/mol. The topological polar surface area (TPSA) is 138 Å². The molecule has 1 atom stereocenters. The zero-order valence-electron chi connectivity index (χ0n) is 16.8. The first-order chi connectivity index (χ1) is 14.9. The Hall–Kier alpha value is -3.89. The number of hydrogen-bond donors (Lipinski definition) is 2. The van der Waals surface area contributed by atoms with Crippen molar-refractivity contribution in [1.29, 1.82) is 0 Å². The number of rotatable bonds is 5. The first-order valence-electron chi connectivity index (χ1n) is 9.81. The fourth-order valence-corrected chi connectivity index (χ4v) is 3.57. The lowest BCUT2D eigenvalue weighted by Crippen LogP contribution is -2.28. The van der Waals surface area contributed by atoms with Crippen molar-refractivity contribution in [2.75, 3.05) is 11.1 Å². The molecule has 0 unspecified atom stereocenters. The van der Waals surface area contributed by atoms with Crippen LogP contribution in [0.5, 0.6) is 0 Å². The zero-order chi connectivity index (χ0) is 21.7. The summed E-state index contributed by atoms with van der Waals surface area (Å²) in [6, 6.07) is 3.64. The molecule has 1 saturated carbocycles. The van der Waals surface area contributed by atoms with E-state index in [1.165, 1.54) is 24.5 Å². The highest BCUT2D eigenvalue weighted by Gasteiger charge is 2.31. The zero-order valence-corrected chi connectivity index (χ0v) is 16.8. The van der Waals surface area contributed by atoms with Crippen LogP contribution < -0.4 is 16.6 Å². The predicted octanol–water partition coefficient (Wildman–Crippen LogP) is 2.77. The van der Waals surface area contributed by atoms with Crippen LogP contribution in [-0.2, 0) is 0 Å². The van der Waals surface area contributed by atoms with Gasteiger partial charge in [0, 0.05) is 13.0 Å². The number of hydrogen-bond acceptors (Lipinski definition) is 9. The number of fused-ring (bicyclic) bond motifs is 1. The summed E-state index contributed by atoms with van der Waals surface area (Å²) in [6.45, 7) is 3.53. The third kappa shape index (κ3) is 3.37. The van der Waals surface area contributed by atoms with Crippen LogP contribution >= 0.6 is 0 Å². The van der Waals surface area contributed by atoms with Gasteiger partial charge in [-0.1, -0.05) is 0 Å². The van der Waals surface area contributed by atoms with Crippen molar-refractivity contribution in [2.45, 2.75) is 38.8 Å². The number of nitrogens with one attached hydrogen (secondary N) is 1. The van der Waals surface area contributed by atoms with E-state index in [0.29, 0.717) is 28.6 Å². The molecule has 158 valence electrons. The molecule has 11 heteroatoms. The predicted molar refractivity (Wildman–Crippen MR) is 111 cm³/mol. The van der Waals surface area contributed by atoms with Crippen LogP contribution in [0.15, 0.2) is 33.7 Å². The van der Waals surface area contributed by atoms with E-state index in [2.05, 4.69) is 30.5 Å². The smallest absolute Gasteiger partial charge is 0.261 e. The lowest BCUT2D eigenvalue weighted by atomic mass is 10.2. The number of anilines is 2. The average molecular weight is 422 g/mol. The summed E-state index contributed by atoms with van der Waals surface area (Å²) in [6.07, 6.45) is 3.06. The summed E-state index contributed by atoms with van der Waals surface area (Å²) < 4.78 is 20.9. The first kappa shape index (κ1) is 19.1. The van der Waals surface area contributed by atoms with E-state index < -0.39 is 11.9 Å². The summed E-state index contributed by atoms with van der Waals surface area (Å²) in [5.41, 5.74) is 6.60. The van der Waals surface area contributed by atoms with E-state index in [1.54, 1.807) is 11.5 Å². The molecule has 10 nitrogen and oxygen atoms in total. The molecule has 1 aliphatic carbocycles. The van der Waals surface area contributed by atoms with Gasteiger partial charge in [0.25, 0.3) is 11.4 Å². The number of nitrogens with two attached hydrogens (primary N) is 1. The molecule has 31 heavy (non-hydrogen) atoms. The summed E-state index contributed by atoms with van der Waals surface area (Å²) in [5.74, 6) is 1.17. The Bertz CT molecular complexity index is 1360. The number of halogens is 1. The van der Waals surface area contributed by atoms with Crippen LogP contribution in [0.1, 0.15) is 43.6 Å². The Morgan fingerprint density at radius 3 is 2.81 bits per heavy atom. The molecule has 1 aliphatic rings. The van der Waals surface area contributed by atoms with Gasteiger partial charge in [-0.05, 0) is 38.0 Å². The molecule has 1 fully saturated rings. The molecule has 0 spiro atoms. The highest BCUT2D eigenvalue weighted by atomic mass is 19.1. The second kappa shape index (κ2) is 7.11. The first-order valence-corrected chi connectivity index (χ1v) is 9.81. The van der Waals surface area contributed by atoms with Crippen LogP contribution in [-0.4, -0.2) is 29.7 Å². The molecule has 3 N–H and O–H groups in total. The maximum atomic E-state index is 13.7. The number of aryl methyl sites for hydroxylation is 1. The largest absolute Gasteiger partial charge is 0.421 e. The molecule has 0 amide bonds. The number of nitrogens with zero attached hydrogens (tertiary/aromatic N) is 6. The van der Waals surface area contributed by atoms with Gasteiger partial charge in [-0.25, -0.2) is 19.3 Å². The van der Waals surface area contributed by atoms with Gasteiger partial charge < -0.3 is 15.5 Å². The summed E-state index contributed by atoms with van der Waals surface area (Å²) in [5, 5.41) is 11.4. The van der Waals surface area contributed by atoms with E-state index in [0.717, 1.165) is 12.8 Å². The highest BCUT2D eigenvalue weighted by Crippen LogP contribution is 2.37. The summed E-state index contributed by atoms with van der Waals surface area (Å²) in [4.78, 5) is 26.1. The van der Waals surface area contributed by atoms with E-state index in [4.69, 9.17) is 10.2 Å². The van der Waals surface area contributed by atoms with E-state index in [1.807, 2.05) is 6.92 Å². The van der Waals surface area contributed by atoms with Gasteiger partial charge in [0.1, 0.15) is 35.2 Å². The Kier molecular flexibility index (Phi) is 4.38. The highest BCUT2D eigenvalue weighted by molar-refractivity contribution is 5.79. The molecule has 0 saturated heterocycles. The lowest BCUT2D eigenvalue weighted by Gasteiger charge is -2.20. The fraction of sp³-hybridized carbons (Fsp3) is 0.300. The van der Waals surface area contributed by atoms with Crippen molar-refractivity contribution in [3.05, 3.63) is 52.4 Å². The molecule has 4 aromatic rings. The lowest BCUT2D eigenvalue weighted by molar-refractivity contribution is 0.532. The van der Waals surface area contributed by atoms with Crippen molar-refractivity contribution in [3.8, 4) is 11.5 Å². The minimum Gasteiger partial charge on any atom is -0.421 e. The SMILES string of the molecule is Cc1nnc(-c2c(N)ncnc2N[C@@H](C)c2nc3ccc(F)cc3c(=O)n2C2CC2)o1. The molecule has 1 aromatic carbocycles. The second-order valence-electron chi connectivity index (χ2n) is 7.51. The maximum Gasteiger partial charge on any atom is 0.261 e. The molecular formula is C20H19FN8O2. The molecule has 3 aromatic heterocycles. The van der Waals surface area contributed by atoms with Crippen LogP contribution in [0.25, 0.3) is 22.4 Å². The van der Waals surface area contributed by atoms with Crippen molar-refractivity contribution in [2.24, 2.45) is 0 Å². The molecular weight excluding hydrogens is 403 g/mol. The number of nitrogen functional groups attached to an aromatic ring is 1. The summed E-state index contributed by atoms with van der Waals surface area (Å²) in [7, 11) is 0. The van der Waals surface area contributed by atoms with Gasteiger partial charge in [0.15, 0.2) is 0 Å². The van der Waals surface area contributed by atoms with E-state index in [-0.39, 0.29) is 28.7 Å². The molecule has 5 rings (SSSR count). The van der Waals surface area contributed by atoms with Crippen molar-refractivity contribution >= 4 is 22.5 Å². The van der Waals surface area contributed by atoms with E-state index in [9.17, 15) is 9.18 Å². The number of benzene rings is 1. The standard InChI is InChI=1S/C20H19FN8O2/c1-9(25-17-15(16(22)23-8-24-17)19-28-27-10(2)31-19)18-26-14-6-3-11(21)7-13(14)20(30)29(18)12-4-5-12/h3,6-9,12H,4-5H2,1-2H3,(H3,22,23,24,25)/t9-/m0/s1. The Balaban J connectivity index is 1.60. The van der Waals surface area contributed by atoms with Crippen molar-refractivity contribution < 1.29 is 8.81 Å². The Morgan fingerprint density at radius 2 is 2.10 bits per heavy atom. The molecule has 0 radical (unpaired) electrons. The summed E-state index contributed by atoms with van der Waals surface area (Å²) >= 11 is 0. The second-order valence-corrected chi connectivity index (χ2v) is 7.51. The Morgan fingerprint density at radius 1 is 1.29 bits per heavy atom. The minimum absolute atomic E-state index is 0.0421. The average Bonchev–Trinajstić information content (AvgIpc) is 3.48. The van der Waals surface area contributed by atoms with Gasteiger partial charge >= 0.3 is 0 Å². The maximum absolute atomic E-state index is 13.7. The fourth-order valence-electron chi connectivity index (χ4n) is 3.57. The third-order valence-corrected chi connectivity index (χ3v) is 5.16. The molecule has 0 bridgehead atoms. The van der Waals surface area contributed by atoms with Crippen LogP contribution in [0.2, 0.25) is 0 Å². The van der Waals surface area contributed by atoms with Crippen molar-refractivity contribution in [3.63, 3.8) is 0 Å². The third-order valence-electron chi connectivity index (χ3n) is 5.16. The van der Waals surface area contributed by atoms with Gasteiger partial charge in [0.05, 0.1) is 16.9 Å². The van der Waals surface area contributed by atoms with Crippen LogP contribution in [0.3, 0.4) is 0 Å². The van der Waals surface area contributed by atoms with Gasteiger partial charge in [-0.3, -0.25) is 9.36 Å². The van der Waals surface area contributed by atoms with Gasteiger partial charge in [-0.2, -0.15) is 0 Å². The van der Waals surface area contributed by atoms with Crippen molar-refractivity contribution in [1.82, 2.24) is 29.7 Å². The van der Waals surface area contributed by atoms with Gasteiger partial charge in [-0.15, -0.1) is 10.2 Å². The minimum atomic E-state index is -0.469. The number of aromatic nitrogens is 6. The quantitative estimate of drug-likeness (QED) is 0.497. The normalized spacial score (nSPS) is 14.7. The van der Waals surface area contributed by atoms with Crippen LogP contribution in [0, 0.1) is 12.7 Å².